The molecule has 31 heavy (non-hydrogen) atoms. The van der Waals surface area contributed by atoms with Crippen LogP contribution in [0.15, 0.2) is 78.4 Å². The van der Waals surface area contributed by atoms with Crippen molar-refractivity contribution in [2.45, 2.75) is 13.0 Å². The molecule has 0 fully saturated rings. The van der Waals surface area contributed by atoms with Crippen molar-refractivity contribution in [3.63, 3.8) is 0 Å². The average Bonchev–Trinajstić information content (AvgIpc) is 3.45. The first kappa shape index (κ1) is 18.6. The number of nitrogens with zero attached hydrogens (tertiary/aromatic N) is 3. The molecule has 3 heterocycles. The Balaban J connectivity index is 1.45. The van der Waals surface area contributed by atoms with Gasteiger partial charge in [-0.1, -0.05) is 12.1 Å². The van der Waals surface area contributed by atoms with Crippen LogP contribution in [0, 0.1) is 0 Å². The van der Waals surface area contributed by atoms with E-state index in [1.807, 2.05) is 48.7 Å². The zero-order valence-electron chi connectivity index (χ0n) is 16.6. The van der Waals surface area contributed by atoms with Crippen LogP contribution < -0.4 is 16.0 Å². The maximum absolute atomic E-state index is 13.2. The standard InChI is InChI=1S/C22H19N7O2/c1-13-19(21(30)26-16-5-8-18-15(11-16)12-23-28-18)20(27-22(31)25-13)14-3-6-17(7-4-14)29-10-2-9-24-29/h2-12,20H,1H3,(H,23,28)(H,26,30)(H2,25,27,31). The Morgan fingerprint density at radius 2 is 2.00 bits per heavy atom. The molecular weight excluding hydrogens is 394 g/mol. The fourth-order valence-corrected chi connectivity index (χ4v) is 3.70. The van der Waals surface area contributed by atoms with Gasteiger partial charge in [0, 0.05) is 29.2 Å². The van der Waals surface area contributed by atoms with E-state index in [2.05, 4.69) is 31.2 Å². The van der Waals surface area contributed by atoms with E-state index < -0.39 is 6.04 Å². The minimum atomic E-state index is -0.585. The first-order chi connectivity index (χ1) is 15.1. The molecule has 0 spiro atoms. The van der Waals surface area contributed by atoms with Gasteiger partial charge in [0.2, 0.25) is 0 Å². The Morgan fingerprint density at radius 3 is 2.77 bits per heavy atom. The van der Waals surface area contributed by atoms with E-state index in [0.717, 1.165) is 22.2 Å². The summed E-state index contributed by atoms with van der Waals surface area (Å²) < 4.78 is 1.74. The highest BCUT2D eigenvalue weighted by Gasteiger charge is 2.31. The van der Waals surface area contributed by atoms with Gasteiger partial charge in [0.25, 0.3) is 5.91 Å². The number of aromatic nitrogens is 4. The lowest BCUT2D eigenvalue weighted by molar-refractivity contribution is -0.113. The molecule has 0 saturated heterocycles. The van der Waals surface area contributed by atoms with Crippen molar-refractivity contribution in [3.8, 4) is 5.69 Å². The molecule has 2 aromatic carbocycles. The summed E-state index contributed by atoms with van der Waals surface area (Å²) in [5.74, 6) is -0.297. The van der Waals surface area contributed by atoms with Crippen LogP contribution in [0.1, 0.15) is 18.5 Å². The molecule has 1 atom stereocenters. The molecule has 1 aliphatic rings. The monoisotopic (exact) mass is 413 g/mol. The lowest BCUT2D eigenvalue weighted by atomic mass is 9.94. The number of H-pyrrole nitrogens is 1. The zero-order chi connectivity index (χ0) is 21.4. The second-order valence-electron chi connectivity index (χ2n) is 7.24. The normalized spacial score (nSPS) is 16.2. The Kier molecular flexibility index (Phi) is 4.47. The van der Waals surface area contributed by atoms with E-state index in [0.29, 0.717) is 17.0 Å². The van der Waals surface area contributed by atoms with Crippen LogP contribution in [0.4, 0.5) is 10.5 Å². The molecule has 2 aromatic heterocycles. The highest BCUT2D eigenvalue weighted by molar-refractivity contribution is 6.07. The van der Waals surface area contributed by atoms with Gasteiger partial charge in [-0.05, 0) is 48.9 Å². The minimum Gasteiger partial charge on any atom is -0.327 e. The van der Waals surface area contributed by atoms with Crippen molar-refractivity contribution in [3.05, 3.63) is 84.0 Å². The van der Waals surface area contributed by atoms with E-state index in [4.69, 9.17) is 0 Å². The Labute approximate surface area is 177 Å². The summed E-state index contributed by atoms with van der Waals surface area (Å²) >= 11 is 0. The number of amides is 3. The maximum Gasteiger partial charge on any atom is 0.319 e. The third-order valence-corrected chi connectivity index (χ3v) is 5.21. The van der Waals surface area contributed by atoms with Crippen LogP contribution in [-0.2, 0) is 4.79 Å². The average molecular weight is 413 g/mol. The van der Waals surface area contributed by atoms with Gasteiger partial charge >= 0.3 is 6.03 Å². The number of rotatable bonds is 4. The van der Waals surface area contributed by atoms with Gasteiger partial charge in [0.1, 0.15) is 0 Å². The quantitative estimate of drug-likeness (QED) is 0.411. The second kappa shape index (κ2) is 7.45. The summed E-state index contributed by atoms with van der Waals surface area (Å²) in [7, 11) is 0. The summed E-state index contributed by atoms with van der Waals surface area (Å²) in [6.07, 6.45) is 5.25. The molecule has 5 rings (SSSR count). The number of fused-ring (bicyclic) bond motifs is 1. The minimum absolute atomic E-state index is 0.297. The first-order valence-corrected chi connectivity index (χ1v) is 9.71. The fraction of sp³-hybridized carbons (Fsp3) is 0.0909. The number of benzene rings is 2. The van der Waals surface area contributed by atoms with E-state index in [1.54, 1.807) is 30.1 Å². The molecule has 0 radical (unpaired) electrons. The molecule has 1 unspecified atom stereocenters. The van der Waals surface area contributed by atoms with Crippen LogP contribution in [0.3, 0.4) is 0 Å². The number of aromatic amines is 1. The van der Waals surface area contributed by atoms with Gasteiger partial charge in [-0.3, -0.25) is 9.89 Å². The molecule has 154 valence electrons. The molecule has 3 amide bonds. The van der Waals surface area contributed by atoms with Crippen molar-refractivity contribution >= 4 is 28.5 Å². The van der Waals surface area contributed by atoms with Crippen LogP contribution in [0.2, 0.25) is 0 Å². The summed E-state index contributed by atoms with van der Waals surface area (Å²) in [6, 6.07) is 14.0. The van der Waals surface area contributed by atoms with Gasteiger partial charge in [-0.25, -0.2) is 9.48 Å². The van der Waals surface area contributed by atoms with Gasteiger partial charge < -0.3 is 16.0 Å². The molecule has 0 saturated carbocycles. The lowest BCUT2D eigenvalue weighted by Gasteiger charge is -2.28. The predicted octanol–water partition coefficient (Wildman–Crippen LogP) is 3.02. The van der Waals surface area contributed by atoms with Gasteiger partial charge in [-0.15, -0.1) is 0 Å². The van der Waals surface area contributed by atoms with Gasteiger partial charge in [0.15, 0.2) is 0 Å². The molecule has 4 N–H and O–H groups in total. The van der Waals surface area contributed by atoms with E-state index in [1.165, 1.54) is 0 Å². The first-order valence-electron chi connectivity index (χ1n) is 9.71. The predicted molar refractivity (Wildman–Crippen MR) is 115 cm³/mol. The lowest BCUT2D eigenvalue weighted by Crippen LogP contribution is -2.45. The number of hydrogen-bond acceptors (Lipinski definition) is 4. The van der Waals surface area contributed by atoms with E-state index in [-0.39, 0.29) is 11.9 Å². The van der Waals surface area contributed by atoms with Crippen LogP contribution in [0.25, 0.3) is 16.6 Å². The number of carbonyl (C=O) groups excluding carboxylic acids is 2. The van der Waals surface area contributed by atoms with Gasteiger partial charge in [0.05, 0.1) is 29.0 Å². The molecule has 1 aliphatic heterocycles. The summed E-state index contributed by atoms with van der Waals surface area (Å²) in [5, 5.41) is 20.5. The number of allylic oxidation sites excluding steroid dienone is 1. The van der Waals surface area contributed by atoms with Crippen molar-refractivity contribution in [1.82, 2.24) is 30.6 Å². The molecule has 9 heteroatoms. The fourth-order valence-electron chi connectivity index (χ4n) is 3.70. The Hall–Kier alpha value is -4.40. The summed E-state index contributed by atoms with van der Waals surface area (Å²) in [4.78, 5) is 25.3. The molecule has 9 nitrogen and oxygen atoms in total. The number of nitrogens with one attached hydrogen (secondary N) is 4. The zero-order valence-corrected chi connectivity index (χ0v) is 16.6. The topological polar surface area (TPSA) is 117 Å². The summed E-state index contributed by atoms with van der Waals surface area (Å²) in [5.41, 5.74) is 4.15. The number of hydrogen-bond donors (Lipinski definition) is 4. The third-order valence-electron chi connectivity index (χ3n) is 5.21. The second-order valence-corrected chi connectivity index (χ2v) is 7.24. The van der Waals surface area contributed by atoms with E-state index >= 15 is 0 Å². The number of urea groups is 1. The molecule has 4 aromatic rings. The van der Waals surface area contributed by atoms with E-state index in [9.17, 15) is 9.59 Å². The highest BCUT2D eigenvalue weighted by atomic mass is 16.2. The Bertz CT molecular complexity index is 1300. The molecular formula is C22H19N7O2. The maximum atomic E-state index is 13.2. The third kappa shape index (κ3) is 3.52. The summed E-state index contributed by atoms with van der Waals surface area (Å²) in [6.45, 7) is 1.72. The van der Waals surface area contributed by atoms with Crippen LogP contribution >= 0.6 is 0 Å². The van der Waals surface area contributed by atoms with Crippen molar-refractivity contribution in [1.29, 1.82) is 0 Å². The molecule has 0 aliphatic carbocycles. The van der Waals surface area contributed by atoms with Crippen LogP contribution in [-0.4, -0.2) is 31.9 Å². The van der Waals surface area contributed by atoms with Crippen molar-refractivity contribution in [2.75, 3.05) is 5.32 Å². The van der Waals surface area contributed by atoms with Gasteiger partial charge in [-0.2, -0.15) is 10.2 Å². The Morgan fingerprint density at radius 1 is 1.16 bits per heavy atom. The molecule has 0 bridgehead atoms. The van der Waals surface area contributed by atoms with Crippen LogP contribution in [0.5, 0.6) is 0 Å². The largest absolute Gasteiger partial charge is 0.327 e. The highest BCUT2D eigenvalue weighted by Crippen LogP contribution is 2.29. The number of carbonyl (C=O) groups is 2. The smallest absolute Gasteiger partial charge is 0.319 e. The van der Waals surface area contributed by atoms with Crippen molar-refractivity contribution < 1.29 is 9.59 Å². The van der Waals surface area contributed by atoms with Crippen molar-refractivity contribution in [2.24, 2.45) is 0 Å². The number of anilines is 1. The SMILES string of the molecule is CC1=C(C(=O)Nc2ccc3[nH]ncc3c2)C(c2ccc(-n3cccn3)cc2)NC(=O)N1.